The lowest BCUT2D eigenvalue weighted by molar-refractivity contribution is 0.583. The number of halogens is 3. The highest BCUT2D eigenvalue weighted by Gasteiger charge is 2.18. The van der Waals surface area contributed by atoms with Crippen LogP contribution in [0.1, 0.15) is 24.7 Å². The third-order valence-electron chi connectivity index (χ3n) is 2.98. The van der Waals surface area contributed by atoms with Gasteiger partial charge in [0.2, 0.25) is 0 Å². The van der Waals surface area contributed by atoms with Crippen molar-refractivity contribution < 1.29 is 8.78 Å². The van der Waals surface area contributed by atoms with E-state index in [1.165, 1.54) is 12.1 Å². The molecule has 106 valence electrons. The zero-order chi connectivity index (χ0) is 14.9. The van der Waals surface area contributed by atoms with E-state index in [4.69, 9.17) is 12.2 Å². The van der Waals surface area contributed by atoms with Crippen molar-refractivity contribution in [1.82, 2.24) is 9.97 Å². The van der Waals surface area contributed by atoms with E-state index >= 15 is 0 Å². The molecule has 0 bridgehead atoms. The predicted molar refractivity (Wildman–Crippen MR) is 81.2 cm³/mol. The Kier molecular flexibility index (Phi) is 4.65. The van der Waals surface area contributed by atoms with Gasteiger partial charge >= 0.3 is 0 Å². The smallest absolute Gasteiger partial charge is 0.149 e. The summed E-state index contributed by atoms with van der Waals surface area (Å²) >= 11 is 8.25. The molecule has 6 heteroatoms. The second-order valence-electron chi connectivity index (χ2n) is 4.46. The summed E-state index contributed by atoms with van der Waals surface area (Å²) in [7, 11) is 0. The van der Waals surface area contributed by atoms with Crippen LogP contribution in [0.4, 0.5) is 8.78 Å². The van der Waals surface area contributed by atoms with Crippen molar-refractivity contribution >= 4 is 28.1 Å². The summed E-state index contributed by atoms with van der Waals surface area (Å²) in [6.45, 7) is 3.70. The van der Waals surface area contributed by atoms with Crippen LogP contribution in [0, 0.1) is 23.2 Å². The Labute approximate surface area is 129 Å². The Morgan fingerprint density at radius 3 is 2.70 bits per heavy atom. The number of aromatic amines is 1. The highest BCUT2D eigenvalue weighted by atomic mass is 79.9. The molecule has 0 unspecified atom stereocenters. The van der Waals surface area contributed by atoms with Gasteiger partial charge in [-0.3, -0.25) is 0 Å². The van der Waals surface area contributed by atoms with Gasteiger partial charge in [-0.15, -0.1) is 0 Å². The van der Waals surface area contributed by atoms with Crippen LogP contribution < -0.4 is 0 Å². The van der Waals surface area contributed by atoms with Gasteiger partial charge < -0.3 is 4.98 Å². The number of aryl methyl sites for hydroxylation is 1. The maximum atomic E-state index is 14.2. The molecule has 0 saturated heterocycles. The SMILES string of the molecule is CCCc1nc(=S)c(C)c(-c2c(F)ccc(Br)c2F)[nH]1. The molecular weight excluding hydrogens is 346 g/mol. The van der Waals surface area contributed by atoms with Crippen LogP contribution in [0.2, 0.25) is 0 Å². The number of hydrogen-bond donors (Lipinski definition) is 1. The molecule has 0 aliphatic heterocycles. The molecule has 0 atom stereocenters. The van der Waals surface area contributed by atoms with Gasteiger partial charge in [0, 0.05) is 12.0 Å². The van der Waals surface area contributed by atoms with Gasteiger partial charge in [0.15, 0.2) is 0 Å². The van der Waals surface area contributed by atoms with Crippen molar-refractivity contribution in [3.63, 3.8) is 0 Å². The average Bonchev–Trinajstić information content (AvgIpc) is 2.40. The van der Waals surface area contributed by atoms with Crippen molar-refractivity contribution in [3.05, 3.63) is 44.3 Å². The Bertz CT molecular complexity index is 713. The van der Waals surface area contributed by atoms with Crippen molar-refractivity contribution in [2.24, 2.45) is 0 Å². The third kappa shape index (κ3) is 2.81. The molecule has 1 N–H and O–H groups in total. The largest absolute Gasteiger partial charge is 0.343 e. The number of benzene rings is 1. The molecule has 0 saturated carbocycles. The molecule has 2 rings (SSSR count). The monoisotopic (exact) mass is 358 g/mol. The normalized spacial score (nSPS) is 10.8. The number of hydrogen-bond acceptors (Lipinski definition) is 2. The Morgan fingerprint density at radius 2 is 2.05 bits per heavy atom. The summed E-state index contributed by atoms with van der Waals surface area (Å²) in [6.07, 6.45) is 1.54. The minimum absolute atomic E-state index is 0.109. The average molecular weight is 359 g/mol. The first-order valence-corrected chi connectivity index (χ1v) is 7.39. The van der Waals surface area contributed by atoms with Gasteiger partial charge in [-0.2, -0.15) is 0 Å². The van der Waals surface area contributed by atoms with Crippen LogP contribution >= 0.6 is 28.1 Å². The summed E-state index contributed by atoms with van der Waals surface area (Å²) in [4.78, 5) is 7.23. The van der Waals surface area contributed by atoms with Crippen LogP contribution in [0.15, 0.2) is 16.6 Å². The number of rotatable bonds is 3. The van der Waals surface area contributed by atoms with E-state index in [9.17, 15) is 8.78 Å². The Balaban J connectivity index is 2.75. The number of nitrogens with zero attached hydrogens (tertiary/aromatic N) is 1. The number of nitrogens with one attached hydrogen (secondary N) is 1. The first-order chi connectivity index (χ1) is 9.45. The molecule has 0 aliphatic rings. The predicted octanol–water partition coefficient (Wildman–Crippen LogP) is 5.11. The standard InChI is InChI=1S/C14H13BrF2N2S/c1-3-4-10-18-13(7(2)14(20)19-10)11-9(16)6-5-8(15)12(11)17/h5-6H,3-4H2,1-2H3,(H,18,19,20). The van der Waals surface area contributed by atoms with E-state index in [1.807, 2.05) is 6.92 Å². The fourth-order valence-electron chi connectivity index (χ4n) is 1.94. The second kappa shape index (κ2) is 6.10. The van der Waals surface area contributed by atoms with E-state index < -0.39 is 11.6 Å². The van der Waals surface area contributed by atoms with Gasteiger partial charge in [0.1, 0.15) is 22.1 Å². The van der Waals surface area contributed by atoms with Crippen molar-refractivity contribution in [2.45, 2.75) is 26.7 Å². The van der Waals surface area contributed by atoms with Crippen LogP contribution in [0.5, 0.6) is 0 Å². The first kappa shape index (κ1) is 15.3. The van der Waals surface area contributed by atoms with Gasteiger partial charge in [-0.05, 0) is 41.4 Å². The minimum Gasteiger partial charge on any atom is -0.343 e. The summed E-state index contributed by atoms with van der Waals surface area (Å²) in [5, 5.41) is 0. The molecule has 1 aromatic heterocycles. The summed E-state index contributed by atoms with van der Waals surface area (Å²) < 4.78 is 28.8. The van der Waals surface area contributed by atoms with E-state index in [2.05, 4.69) is 25.9 Å². The molecule has 0 spiro atoms. The van der Waals surface area contributed by atoms with Crippen molar-refractivity contribution in [1.29, 1.82) is 0 Å². The van der Waals surface area contributed by atoms with E-state index in [-0.39, 0.29) is 10.0 Å². The zero-order valence-corrected chi connectivity index (χ0v) is 13.5. The summed E-state index contributed by atoms with van der Waals surface area (Å²) in [6, 6.07) is 2.56. The van der Waals surface area contributed by atoms with Crippen LogP contribution in [-0.4, -0.2) is 9.97 Å². The van der Waals surface area contributed by atoms with Crippen molar-refractivity contribution in [2.75, 3.05) is 0 Å². The molecule has 0 amide bonds. The topological polar surface area (TPSA) is 28.7 Å². The van der Waals surface area contributed by atoms with Gasteiger partial charge in [-0.1, -0.05) is 19.1 Å². The highest BCUT2D eigenvalue weighted by Crippen LogP contribution is 2.31. The Hall–Kier alpha value is -1.14. The molecule has 1 aromatic carbocycles. The Morgan fingerprint density at radius 1 is 1.35 bits per heavy atom. The minimum atomic E-state index is -0.646. The molecule has 2 nitrogen and oxygen atoms in total. The fraction of sp³-hybridized carbons (Fsp3) is 0.286. The molecule has 1 heterocycles. The van der Waals surface area contributed by atoms with Crippen LogP contribution in [0.25, 0.3) is 11.3 Å². The maximum absolute atomic E-state index is 14.2. The summed E-state index contributed by atoms with van der Waals surface area (Å²) in [5.74, 6) is -0.641. The van der Waals surface area contributed by atoms with Gasteiger partial charge in [-0.25, -0.2) is 13.8 Å². The zero-order valence-electron chi connectivity index (χ0n) is 11.1. The van der Waals surface area contributed by atoms with Crippen LogP contribution in [-0.2, 0) is 6.42 Å². The van der Waals surface area contributed by atoms with Crippen LogP contribution in [0.3, 0.4) is 0 Å². The quantitative estimate of drug-likeness (QED) is 0.610. The van der Waals surface area contributed by atoms with Gasteiger partial charge in [0.25, 0.3) is 0 Å². The molecule has 0 radical (unpaired) electrons. The third-order valence-corrected chi connectivity index (χ3v) is 3.99. The molecule has 0 fully saturated rings. The lowest BCUT2D eigenvalue weighted by Crippen LogP contribution is -2.03. The number of aromatic nitrogens is 2. The van der Waals surface area contributed by atoms with Crippen molar-refractivity contribution in [3.8, 4) is 11.3 Å². The first-order valence-electron chi connectivity index (χ1n) is 6.19. The lowest BCUT2D eigenvalue weighted by Gasteiger charge is -2.12. The van der Waals surface area contributed by atoms with E-state index in [1.54, 1.807) is 6.92 Å². The second-order valence-corrected chi connectivity index (χ2v) is 5.70. The van der Waals surface area contributed by atoms with E-state index in [0.29, 0.717) is 28.1 Å². The molecule has 20 heavy (non-hydrogen) atoms. The fourth-order valence-corrected chi connectivity index (χ4v) is 2.48. The highest BCUT2D eigenvalue weighted by molar-refractivity contribution is 9.10. The summed E-state index contributed by atoms with van der Waals surface area (Å²) in [5.41, 5.74) is 0.809. The lowest BCUT2D eigenvalue weighted by atomic mass is 10.1. The van der Waals surface area contributed by atoms with Gasteiger partial charge in [0.05, 0.1) is 15.7 Å². The molecule has 2 aromatic rings. The number of H-pyrrole nitrogens is 1. The maximum Gasteiger partial charge on any atom is 0.149 e. The van der Waals surface area contributed by atoms with E-state index in [0.717, 1.165) is 6.42 Å². The molecule has 0 aliphatic carbocycles. The molecular formula is C14H13BrF2N2S.